The molecule has 6 heteroatoms. The van der Waals surface area contributed by atoms with Crippen molar-refractivity contribution in [3.05, 3.63) is 78.0 Å². The fourth-order valence-electron chi connectivity index (χ4n) is 2.91. The zero-order valence-electron chi connectivity index (χ0n) is 15.9. The molecule has 2 aromatic carbocycles. The van der Waals surface area contributed by atoms with Crippen molar-refractivity contribution in [1.82, 2.24) is 10.1 Å². The van der Waals surface area contributed by atoms with Gasteiger partial charge in [-0.1, -0.05) is 72.7 Å². The van der Waals surface area contributed by atoms with Crippen molar-refractivity contribution < 1.29 is 18.8 Å². The maximum absolute atomic E-state index is 13.1. The van der Waals surface area contributed by atoms with Gasteiger partial charge in [-0.2, -0.15) is 0 Å². The third-order valence-electron chi connectivity index (χ3n) is 4.39. The first-order valence-corrected chi connectivity index (χ1v) is 9.01. The van der Waals surface area contributed by atoms with E-state index in [1.807, 2.05) is 60.7 Å². The molecule has 0 spiro atoms. The van der Waals surface area contributed by atoms with Crippen LogP contribution in [0.4, 0.5) is 0 Å². The predicted octanol–water partition coefficient (Wildman–Crippen LogP) is 3.79. The number of benzene rings is 2. The van der Waals surface area contributed by atoms with E-state index in [0.717, 1.165) is 11.1 Å². The van der Waals surface area contributed by atoms with Crippen LogP contribution in [0.15, 0.2) is 71.3 Å². The molecule has 0 fully saturated rings. The van der Waals surface area contributed by atoms with E-state index in [0.29, 0.717) is 12.3 Å². The number of nitrogens with zero attached hydrogens (tertiary/aromatic N) is 2. The van der Waals surface area contributed by atoms with Gasteiger partial charge in [0.05, 0.1) is 13.0 Å². The van der Waals surface area contributed by atoms with Gasteiger partial charge in [-0.25, -0.2) is 0 Å². The summed E-state index contributed by atoms with van der Waals surface area (Å²) in [7, 11) is 1.34. The van der Waals surface area contributed by atoms with Gasteiger partial charge >= 0.3 is 5.97 Å². The molecule has 1 aromatic heterocycles. The van der Waals surface area contributed by atoms with E-state index in [9.17, 15) is 9.59 Å². The average molecular weight is 378 g/mol. The molecule has 1 heterocycles. The van der Waals surface area contributed by atoms with Crippen LogP contribution in [0.1, 0.15) is 23.0 Å². The van der Waals surface area contributed by atoms with E-state index in [-0.39, 0.29) is 24.1 Å². The summed E-state index contributed by atoms with van der Waals surface area (Å²) in [6.07, 6.45) is 0. The second kappa shape index (κ2) is 8.99. The number of aromatic nitrogens is 1. The van der Waals surface area contributed by atoms with Crippen LogP contribution in [0.2, 0.25) is 0 Å². The number of ether oxygens (including phenoxy) is 1. The number of rotatable bonds is 7. The van der Waals surface area contributed by atoms with E-state index in [4.69, 9.17) is 9.26 Å². The first kappa shape index (κ1) is 19.4. The maximum Gasteiger partial charge on any atom is 0.310 e. The van der Waals surface area contributed by atoms with Gasteiger partial charge in [-0.05, 0) is 5.56 Å². The van der Waals surface area contributed by atoms with Gasteiger partial charge in [0.1, 0.15) is 0 Å². The topological polar surface area (TPSA) is 72.6 Å². The molecule has 0 bridgehead atoms. The highest BCUT2D eigenvalue weighted by Crippen LogP contribution is 2.21. The van der Waals surface area contributed by atoms with Gasteiger partial charge < -0.3 is 14.2 Å². The fourth-order valence-corrected chi connectivity index (χ4v) is 2.91. The second-order valence-electron chi connectivity index (χ2n) is 6.54. The molecule has 3 aromatic rings. The number of hydrogen-bond donors (Lipinski definition) is 0. The summed E-state index contributed by atoms with van der Waals surface area (Å²) in [5, 5.41) is 3.94. The smallest absolute Gasteiger partial charge is 0.310 e. The monoisotopic (exact) mass is 378 g/mol. The molecule has 28 heavy (non-hydrogen) atoms. The fraction of sp³-hybridized carbons (Fsp3) is 0.227. The number of methoxy groups -OCH3 is 1. The van der Waals surface area contributed by atoms with Crippen molar-refractivity contribution in [2.75, 3.05) is 13.7 Å². The molecule has 0 aliphatic heterocycles. The standard InChI is InChI=1S/C22H22N2O4/c1-16(22(26)27-2)14-24(15-17-9-5-3-6-10-17)21(25)19-13-20(28-23-19)18-11-7-4-8-12-18/h3-13,16H,14-15H2,1-2H3. The molecule has 3 rings (SSSR count). The van der Waals surface area contributed by atoms with E-state index in [1.54, 1.807) is 17.9 Å². The van der Waals surface area contributed by atoms with E-state index in [1.165, 1.54) is 7.11 Å². The third kappa shape index (κ3) is 4.65. The van der Waals surface area contributed by atoms with Gasteiger partial charge in [0.2, 0.25) is 0 Å². The van der Waals surface area contributed by atoms with Crippen LogP contribution in [0.3, 0.4) is 0 Å². The summed E-state index contributed by atoms with van der Waals surface area (Å²) in [5.74, 6) is -0.607. The highest BCUT2D eigenvalue weighted by atomic mass is 16.5. The Kier molecular flexibility index (Phi) is 6.22. The van der Waals surface area contributed by atoms with E-state index >= 15 is 0 Å². The van der Waals surface area contributed by atoms with Crippen LogP contribution in [-0.4, -0.2) is 35.6 Å². The summed E-state index contributed by atoms with van der Waals surface area (Å²) in [5.41, 5.74) is 2.00. The van der Waals surface area contributed by atoms with Crippen molar-refractivity contribution in [2.24, 2.45) is 5.92 Å². The quantitative estimate of drug-likeness (QED) is 0.585. The van der Waals surface area contributed by atoms with E-state index in [2.05, 4.69) is 5.16 Å². The summed E-state index contributed by atoms with van der Waals surface area (Å²) in [6, 6.07) is 20.7. The molecule has 1 atom stereocenters. The molecule has 6 nitrogen and oxygen atoms in total. The number of amides is 1. The molecule has 1 amide bonds. The van der Waals surface area contributed by atoms with Crippen LogP contribution in [0.25, 0.3) is 11.3 Å². The lowest BCUT2D eigenvalue weighted by Crippen LogP contribution is -2.37. The lowest BCUT2D eigenvalue weighted by Gasteiger charge is -2.24. The van der Waals surface area contributed by atoms with E-state index < -0.39 is 5.92 Å². The minimum absolute atomic E-state index is 0.201. The van der Waals surface area contributed by atoms with Crippen LogP contribution in [0, 0.1) is 5.92 Å². The Morgan fingerprint density at radius 3 is 2.36 bits per heavy atom. The number of carbonyl (C=O) groups excluding carboxylic acids is 2. The Morgan fingerprint density at radius 2 is 1.71 bits per heavy atom. The second-order valence-corrected chi connectivity index (χ2v) is 6.54. The Balaban J connectivity index is 1.83. The third-order valence-corrected chi connectivity index (χ3v) is 4.39. The van der Waals surface area contributed by atoms with Gasteiger partial charge in [-0.3, -0.25) is 9.59 Å². The minimum Gasteiger partial charge on any atom is -0.469 e. The van der Waals surface area contributed by atoms with Crippen molar-refractivity contribution in [1.29, 1.82) is 0 Å². The Morgan fingerprint density at radius 1 is 1.07 bits per heavy atom. The average Bonchev–Trinajstić information content (AvgIpc) is 3.23. The zero-order valence-corrected chi connectivity index (χ0v) is 15.9. The van der Waals surface area contributed by atoms with Gasteiger partial charge in [0.15, 0.2) is 11.5 Å². The molecule has 0 saturated heterocycles. The van der Waals surface area contributed by atoms with Crippen molar-refractivity contribution >= 4 is 11.9 Å². The normalized spacial score (nSPS) is 11.6. The lowest BCUT2D eigenvalue weighted by molar-refractivity contribution is -0.145. The van der Waals surface area contributed by atoms with Gasteiger partial charge in [-0.15, -0.1) is 0 Å². The molecule has 0 aliphatic carbocycles. The van der Waals surface area contributed by atoms with Crippen LogP contribution in [-0.2, 0) is 16.1 Å². The largest absolute Gasteiger partial charge is 0.469 e. The van der Waals surface area contributed by atoms with Crippen LogP contribution >= 0.6 is 0 Å². The molecular formula is C22H22N2O4. The van der Waals surface area contributed by atoms with Crippen LogP contribution < -0.4 is 0 Å². The SMILES string of the molecule is COC(=O)C(C)CN(Cc1ccccc1)C(=O)c1cc(-c2ccccc2)on1. The summed E-state index contributed by atoms with van der Waals surface area (Å²) in [4.78, 5) is 26.5. The highest BCUT2D eigenvalue weighted by molar-refractivity contribution is 5.93. The summed E-state index contributed by atoms with van der Waals surface area (Å²) >= 11 is 0. The molecular weight excluding hydrogens is 356 g/mol. The molecule has 0 radical (unpaired) electrons. The number of esters is 1. The van der Waals surface area contributed by atoms with Crippen molar-refractivity contribution in [3.8, 4) is 11.3 Å². The Labute approximate surface area is 163 Å². The molecule has 1 unspecified atom stereocenters. The van der Waals surface area contributed by atoms with Gasteiger partial charge in [0, 0.05) is 24.7 Å². The van der Waals surface area contributed by atoms with Gasteiger partial charge in [0.25, 0.3) is 5.91 Å². The molecule has 0 N–H and O–H groups in total. The Bertz CT molecular complexity index is 922. The van der Waals surface area contributed by atoms with Crippen LogP contribution in [0.5, 0.6) is 0 Å². The predicted molar refractivity (Wildman–Crippen MR) is 104 cm³/mol. The first-order chi connectivity index (χ1) is 13.6. The van der Waals surface area contributed by atoms with Crippen molar-refractivity contribution in [3.63, 3.8) is 0 Å². The summed E-state index contributed by atoms with van der Waals surface area (Å²) in [6.45, 7) is 2.30. The zero-order chi connectivity index (χ0) is 19.9. The minimum atomic E-state index is -0.460. The number of carbonyl (C=O) groups is 2. The Hall–Kier alpha value is -3.41. The van der Waals surface area contributed by atoms with Crippen molar-refractivity contribution in [2.45, 2.75) is 13.5 Å². The first-order valence-electron chi connectivity index (χ1n) is 9.01. The molecule has 0 aliphatic rings. The summed E-state index contributed by atoms with van der Waals surface area (Å²) < 4.78 is 10.2. The maximum atomic E-state index is 13.1. The lowest BCUT2D eigenvalue weighted by atomic mass is 10.1. The number of hydrogen-bond acceptors (Lipinski definition) is 5. The highest BCUT2D eigenvalue weighted by Gasteiger charge is 2.25. The molecule has 144 valence electrons. The molecule has 0 saturated carbocycles.